The summed E-state index contributed by atoms with van der Waals surface area (Å²) >= 11 is 4.62. The molecule has 4 nitrogen and oxygen atoms in total. The molecule has 108 valence electrons. The Labute approximate surface area is 128 Å². The molecular formula is C16H15NO3S. The summed E-state index contributed by atoms with van der Waals surface area (Å²) in [6, 6.07) is 16.7. The van der Waals surface area contributed by atoms with Crippen molar-refractivity contribution in [3.8, 4) is 0 Å². The minimum absolute atomic E-state index is 0.347. The van der Waals surface area contributed by atoms with Gasteiger partial charge in [0, 0.05) is 5.56 Å². The van der Waals surface area contributed by atoms with Crippen molar-refractivity contribution in [1.29, 1.82) is 0 Å². The predicted molar refractivity (Wildman–Crippen MR) is 84.3 cm³/mol. The fourth-order valence-electron chi connectivity index (χ4n) is 1.96. The van der Waals surface area contributed by atoms with Crippen LogP contribution in [0.4, 0.5) is 0 Å². The first-order valence-electron chi connectivity index (χ1n) is 6.41. The lowest BCUT2D eigenvalue weighted by molar-refractivity contribution is 0.0888. The normalized spacial score (nSPS) is 13.2. The van der Waals surface area contributed by atoms with E-state index in [1.807, 2.05) is 12.1 Å². The number of carbonyl (C=O) groups is 1. The Morgan fingerprint density at radius 1 is 1.00 bits per heavy atom. The molecule has 0 aromatic heterocycles. The molecule has 2 rings (SSSR count). The second-order valence-corrected chi connectivity index (χ2v) is 4.93. The molecule has 0 aliphatic carbocycles. The molecule has 0 unspecified atom stereocenters. The molecule has 0 saturated heterocycles. The van der Waals surface area contributed by atoms with Gasteiger partial charge in [0.1, 0.15) is 6.10 Å². The number of hydrogen-bond acceptors (Lipinski definition) is 3. The zero-order chi connectivity index (χ0) is 15.2. The highest BCUT2D eigenvalue weighted by Gasteiger charge is 2.26. The Morgan fingerprint density at radius 3 is 2.05 bits per heavy atom. The highest BCUT2D eigenvalue weighted by atomic mass is 32.1. The SMILES string of the molecule is O=C(N[C@H](c1ccccc1)[C@H](O)C(O)=S)c1ccccc1. The lowest BCUT2D eigenvalue weighted by Gasteiger charge is -2.23. The van der Waals surface area contributed by atoms with Gasteiger partial charge in [-0.15, -0.1) is 0 Å². The first-order chi connectivity index (χ1) is 10.1. The molecule has 2 aromatic carbocycles. The highest BCUT2D eigenvalue weighted by Crippen LogP contribution is 2.18. The number of thiocarbonyl (C=S) groups is 1. The molecule has 1 amide bonds. The second kappa shape index (κ2) is 6.97. The molecule has 21 heavy (non-hydrogen) atoms. The van der Waals surface area contributed by atoms with E-state index in [1.165, 1.54) is 0 Å². The average Bonchev–Trinajstić information content (AvgIpc) is 2.53. The van der Waals surface area contributed by atoms with Gasteiger partial charge in [0.25, 0.3) is 5.91 Å². The quantitative estimate of drug-likeness (QED) is 0.742. The zero-order valence-corrected chi connectivity index (χ0v) is 12.0. The maximum atomic E-state index is 12.2. The Bertz CT molecular complexity index is 616. The fourth-order valence-corrected chi connectivity index (χ4v) is 2.10. The number of benzene rings is 2. The number of hydrogen-bond donors (Lipinski definition) is 3. The molecule has 2 aromatic rings. The van der Waals surface area contributed by atoms with Crippen LogP contribution in [0.1, 0.15) is 22.0 Å². The predicted octanol–water partition coefficient (Wildman–Crippen LogP) is 2.40. The maximum absolute atomic E-state index is 12.2. The van der Waals surface area contributed by atoms with E-state index in [4.69, 9.17) is 0 Å². The van der Waals surface area contributed by atoms with Crippen LogP contribution in [0.25, 0.3) is 0 Å². The van der Waals surface area contributed by atoms with E-state index in [0.717, 1.165) is 0 Å². The number of carbonyl (C=O) groups excluding carboxylic acids is 1. The summed E-state index contributed by atoms with van der Waals surface area (Å²) in [6.45, 7) is 0. The standard InChI is InChI=1S/C16H15NO3S/c18-14(16(20)21)13(11-7-3-1-4-8-11)17-15(19)12-9-5-2-6-10-12/h1-10,13-14,18H,(H,17,19)(H,20,21)/t13-,14+/m1/s1. The van der Waals surface area contributed by atoms with Crippen molar-refractivity contribution in [3.05, 3.63) is 71.8 Å². The zero-order valence-electron chi connectivity index (χ0n) is 11.1. The van der Waals surface area contributed by atoms with Crippen molar-refractivity contribution in [2.24, 2.45) is 0 Å². The minimum Gasteiger partial charge on any atom is -0.500 e. The highest BCUT2D eigenvalue weighted by molar-refractivity contribution is 7.80. The average molecular weight is 301 g/mol. The largest absolute Gasteiger partial charge is 0.500 e. The molecule has 0 radical (unpaired) electrons. The summed E-state index contributed by atoms with van der Waals surface area (Å²) in [4.78, 5) is 12.2. The molecule has 5 heteroatoms. The van der Waals surface area contributed by atoms with E-state index in [9.17, 15) is 15.0 Å². The van der Waals surface area contributed by atoms with Crippen LogP contribution in [0.2, 0.25) is 0 Å². The monoisotopic (exact) mass is 301 g/mol. The van der Waals surface area contributed by atoms with Crippen LogP contribution in [0.5, 0.6) is 0 Å². The van der Waals surface area contributed by atoms with Gasteiger partial charge in [-0.2, -0.15) is 0 Å². The van der Waals surface area contributed by atoms with Gasteiger partial charge in [-0.05, 0) is 29.9 Å². The van der Waals surface area contributed by atoms with Crippen molar-refractivity contribution in [2.45, 2.75) is 12.1 Å². The summed E-state index contributed by atoms with van der Waals surface area (Å²) in [5, 5.41) is 21.5. The molecular weight excluding hydrogens is 286 g/mol. The van der Waals surface area contributed by atoms with Crippen LogP contribution in [-0.4, -0.2) is 27.3 Å². The van der Waals surface area contributed by atoms with E-state index in [0.29, 0.717) is 11.1 Å². The van der Waals surface area contributed by atoms with Gasteiger partial charge in [0.15, 0.2) is 5.05 Å². The van der Waals surface area contributed by atoms with Crippen LogP contribution in [0.15, 0.2) is 60.7 Å². The lowest BCUT2D eigenvalue weighted by atomic mass is 10.0. The van der Waals surface area contributed by atoms with Gasteiger partial charge in [-0.1, -0.05) is 48.5 Å². The van der Waals surface area contributed by atoms with Crippen molar-refractivity contribution in [2.75, 3.05) is 0 Å². The Balaban J connectivity index is 2.25. The van der Waals surface area contributed by atoms with E-state index < -0.39 is 17.2 Å². The molecule has 0 heterocycles. The minimum atomic E-state index is -1.35. The third kappa shape index (κ3) is 3.87. The second-order valence-electron chi connectivity index (χ2n) is 4.51. The molecule has 0 aliphatic heterocycles. The molecule has 0 spiro atoms. The van der Waals surface area contributed by atoms with Crippen LogP contribution in [-0.2, 0) is 0 Å². The van der Waals surface area contributed by atoms with Gasteiger partial charge in [0.05, 0.1) is 6.04 Å². The first kappa shape index (κ1) is 15.2. The van der Waals surface area contributed by atoms with Crippen molar-refractivity contribution < 1.29 is 15.0 Å². The maximum Gasteiger partial charge on any atom is 0.251 e. The Kier molecular flexibility index (Phi) is 5.03. The Hall–Kier alpha value is -2.24. The third-order valence-electron chi connectivity index (χ3n) is 3.05. The topological polar surface area (TPSA) is 69.6 Å². The van der Waals surface area contributed by atoms with Gasteiger partial charge in [-0.3, -0.25) is 4.79 Å². The van der Waals surface area contributed by atoms with E-state index >= 15 is 0 Å². The van der Waals surface area contributed by atoms with E-state index in [2.05, 4.69) is 17.5 Å². The number of amides is 1. The van der Waals surface area contributed by atoms with Crippen LogP contribution in [0, 0.1) is 0 Å². The molecule has 0 bridgehead atoms. The van der Waals surface area contributed by atoms with Gasteiger partial charge < -0.3 is 15.5 Å². The van der Waals surface area contributed by atoms with Crippen LogP contribution in [0.3, 0.4) is 0 Å². The van der Waals surface area contributed by atoms with Crippen molar-refractivity contribution in [1.82, 2.24) is 5.32 Å². The van der Waals surface area contributed by atoms with Gasteiger partial charge in [0.2, 0.25) is 0 Å². The van der Waals surface area contributed by atoms with Crippen LogP contribution >= 0.6 is 12.2 Å². The van der Waals surface area contributed by atoms with Gasteiger partial charge >= 0.3 is 0 Å². The first-order valence-corrected chi connectivity index (χ1v) is 6.82. The summed E-state index contributed by atoms with van der Waals surface area (Å²) in [6.07, 6.45) is -1.35. The van der Waals surface area contributed by atoms with Crippen LogP contribution < -0.4 is 5.32 Å². The molecule has 2 atom stereocenters. The Morgan fingerprint density at radius 2 is 1.52 bits per heavy atom. The number of aliphatic hydroxyl groups excluding tert-OH is 2. The molecule has 3 N–H and O–H groups in total. The number of nitrogens with one attached hydrogen (secondary N) is 1. The van der Waals surface area contributed by atoms with Crippen molar-refractivity contribution in [3.63, 3.8) is 0 Å². The van der Waals surface area contributed by atoms with E-state index in [1.54, 1.807) is 48.5 Å². The molecule has 0 fully saturated rings. The summed E-state index contributed by atoms with van der Waals surface area (Å²) in [5.41, 5.74) is 1.13. The van der Waals surface area contributed by atoms with Gasteiger partial charge in [-0.25, -0.2) is 0 Å². The smallest absolute Gasteiger partial charge is 0.251 e. The lowest BCUT2D eigenvalue weighted by Crippen LogP contribution is -2.39. The number of rotatable bonds is 5. The molecule has 0 saturated carbocycles. The summed E-state index contributed by atoms with van der Waals surface area (Å²) in [7, 11) is 0. The van der Waals surface area contributed by atoms with Crippen molar-refractivity contribution >= 4 is 23.2 Å². The third-order valence-corrected chi connectivity index (χ3v) is 3.29. The fraction of sp³-hybridized carbons (Fsp3) is 0.125. The summed E-state index contributed by atoms with van der Waals surface area (Å²) in [5.74, 6) is -0.347. The number of aliphatic hydroxyl groups is 2. The summed E-state index contributed by atoms with van der Waals surface area (Å²) < 4.78 is 0. The van der Waals surface area contributed by atoms with E-state index in [-0.39, 0.29) is 5.91 Å². The molecule has 0 aliphatic rings.